The van der Waals surface area contributed by atoms with Crippen LogP contribution in [0.4, 0.5) is 0 Å². The summed E-state index contributed by atoms with van der Waals surface area (Å²) in [5.74, 6) is 0.364. The van der Waals surface area contributed by atoms with E-state index in [1.54, 1.807) is 12.1 Å². The van der Waals surface area contributed by atoms with Crippen LogP contribution in [0.3, 0.4) is 0 Å². The van der Waals surface area contributed by atoms with E-state index in [-0.39, 0.29) is 0 Å². The van der Waals surface area contributed by atoms with Gasteiger partial charge in [-0.05, 0) is 57.4 Å². The normalized spacial score (nSPS) is 14.8. The minimum Gasteiger partial charge on any atom is -0.404 e. The van der Waals surface area contributed by atoms with Crippen molar-refractivity contribution in [1.29, 1.82) is 0 Å². The van der Waals surface area contributed by atoms with Crippen molar-refractivity contribution < 1.29 is 18.5 Å². The van der Waals surface area contributed by atoms with Gasteiger partial charge in [0.1, 0.15) is 5.75 Å². The third kappa shape index (κ3) is 7.12. The molecule has 0 radical (unpaired) electrons. The molecule has 0 bridgehead atoms. The Morgan fingerprint density at radius 2 is 1.71 bits per heavy atom. The second kappa shape index (κ2) is 7.44. The molecule has 4 nitrogen and oxygen atoms in total. The van der Waals surface area contributed by atoms with Crippen molar-refractivity contribution in [2.45, 2.75) is 65.9 Å². The first kappa shape index (κ1) is 18.2. The Bertz CT molecular complexity index is 491. The molecule has 0 aliphatic rings. The van der Waals surface area contributed by atoms with Gasteiger partial charge in [0.2, 0.25) is 0 Å². The number of unbranched alkanes of at least 4 members (excludes halogenated alkanes) is 2. The molecule has 0 aliphatic carbocycles. The van der Waals surface area contributed by atoms with E-state index < -0.39 is 13.4 Å². The van der Waals surface area contributed by atoms with Crippen molar-refractivity contribution in [3.8, 4) is 5.75 Å². The molecule has 0 heterocycles. The van der Waals surface area contributed by atoms with Crippen LogP contribution in [0, 0.1) is 13.8 Å². The molecular formula is C16H27O4P. The van der Waals surface area contributed by atoms with Gasteiger partial charge in [0, 0.05) is 0 Å². The number of phosphoric ester groups is 1. The molecule has 21 heavy (non-hydrogen) atoms. The highest BCUT2D eigenvalue weighted by Crippen LogP contribution is 2.48. The standard InChI is InChI=1S/C16H27O4P/c1-6-7-8-9-16(4,5)20-21(17,18)19-15-11-13(2)10-14(3)12-15/h10-12H,6-9H2,1-5H3,(H,17,18). The van der Waals surface area contributed by atoms with Gasteiger partial charge in [-0.25, -0.2) is 4.57 Å². The number of hydrogen-bond acceptors (Lipinski definition) is 3. The maximum atomic E-state index is 12.2. The summed E-state index contributed by atoms with van der Waals surface area (Å²) in [4.78, 5) is 9.95. The van der Waals surface area contributed by atoms with Crippen LogP contribution >= 0.6 is 7.82 Å². The molecule has 1 unspecified atom stereocenters. The van der Waals surface area contributed by atoms with Gasteiger partial charge in [0.15, 0.2) is 0 Å². The second-order valence-electron chi connectivity index (χ2n) is 6.19. The van der Waals surface area contributed by atoms with Gasteiger partial charge in [-0.15, -0.1) is 0 Å². The molecule has 1 N–H and O–H groups in total. The average Bonchev–Trinajstić information content (AvgIpc) is 2.24. The first-order valence-corrected chi connectivity index (χ1v) is 8.94. The smallest absolute Gasteiger partial charge is 0.404 e. The molecule has 0 aromatic heterocycles. The lowest BCUT2D eigenvalue weighted by atomic mass is 10.0. The molecule has 0 saturated carbocycles. The average molecular weight is 314 g/mol. The molecule has 1 rings (SSSR count). The van der Waals surface area contributed by atoms with Gasteiger partial charge in [-0.3, -0.25) is 9.42 Å². The maximum absolute atomic E-state index is 12.2. The quantitative estimate of drug-likeness (QED) is 0.532. The minimum atomic E-state index is -4.12. The predicted octanol–water partition coefficient (Wildman–Crippen LogP) is 5.16. The summed E-state index contributed by atoms with van der Waals surface area (Å²) < 4.78 is 22.7. The highest BCUT2D eigenvalue weighted by Gasteiger charge is 2.33. The topological polar surface area (TPSA) is 55.8 Å². The summed E-state index contributed by atoms with van der Waals surface area (Å²) >= 11 is 0. The largest absolute Gasteiger partial charge is 0.527 e. The van der Waals surface area contributed by atoms with Crippen molar-refractivity contribution in [2.75, 3.05) is 0 Å². The van der Waals surface area contributed by atoms with E-state index in [4.69, 9.17) is 9.05 Å². The summed E-state index contributed by atoms with van der Waals surface area (Å²) in [6.07, 6.45) is 3.88. The van der Waals surface area contributed by atoms with Gasteiger partial charge in [0.05, 0.1) is 5.60 Å². The van der Waals surface area contributed by atoms with Gasteiger partial charge in [-0.2, -0.15) is 0 Å². The highest BCUT2D eigenvalue weighted by molar-refractivity contribution is 7.47. The van der Waals surface area contributed by atoms with Crippen LogP contribution in [-0.4, -0.2) is 10.5 Å². The van der Waals surface area contributed by atoms with Crippen molar-refractivity contribution in [3.63, 3.8) is 0 Å². The first-order chi connectivity index (χ1) is 9.63. The Balaban J connectivity index is 2.70. The lowest BCUT2D eigenvalue weighted by Gasteiger charge is -2.27. The van der Waals surface area contributed by atoms with Crippen LogP contribution in [0.15, 0.2) is 18.2 Å². The molecule has 1 atom stereocenters. The van der Waals surface area contributed by atoms with Crippen LogP contribution in [0.5, 0.6) is 5.75 Å². The lowest BCUT2D eigenvalue weighted by molar-refractivity contribution is 0.0589. The fourth-order valence-corrected chi connectivity index (χ4v) is 3.42. The summed E-state index contributed by atoms with van der Waals surface area (Å²) in [5.41, 5.74) is 1.28. The fraction of sp³-hybridized carbons (Fsp3) is 0.625. The maximum Gasteiger partial charge on any atom is 0.527 e. The molecule has 0 aliphatic heterocycles. The highest BCUT2D eigenvalue weighted by atomic mass is 31.2. The number of rotatable bonds is 8. The Kier molecular flexibility index (Phi) is 6.45. The third-order valence-corrected chi connectivity index (χ3v) is 4.33. The van der Waals surface area contributed by atoms with E-state index in [1.807, 2.05) is 33.8 Å². The van der Waals surface area contributed by atoms with Gasteiger partial charge in [-0.1, -0.05) is 32.3 Å². The number of hydrogen-bond donors (Lipinski definition) is 1. The van der Waals surface area contributed by atoms with Crippen LogP contribution in [0.1, 0.15) is 57.6 Å². The second-order valence-corrected chi connectivity index (χ2v) is 7.49. The molecule has 120 valence electrons. The van der Waals surface area contributed by atoms with Crippen molar-refractivity contribution >= 4 is 7.82 Å². The molecule has 0 spiro atoms. The van der Waals surface area contributed by atoms with E-state index in [2.05, 4.69) is 6.92 Å². The summed E-state index contributed by atoms with van der Waals surface area (Å²) in [6, 6.07) is 5.43. The van der Waals surface area contributed by atoms with E-state index >= 15 is 0 Å². The van der Waals surface area contributed by atoms with Crippen molar-refractivity contribution in [1.82, 2.24) is 0 Å². The third-order valence-electron chi connectivity index (χ3n) is 3.16. The van der Waals surface area contributed by atoms with Crippen LogP contribution in [0.2, 0.25) is 0 Å². The van der Waals surface area contributed by atoms with Crippen molar-refractivity contribution in [2.24, 2.45) is 0 Å². The monoisotopic (exact) mass is 314 g/mol. The Morgan fingerprint density at radius 1 is 1.14 bits per heavy atom. The van der Waals surface area contributed by atoms with Crippen LogP contribution in [0.25, 0.3) is 0 Å². The van der Waals surface area contributed by atoms with E-state index in [0.717, 1.165) is 36.8 Å². The van der Waals surface area contributed by atoms with Crippen molar-refractivity contribution in [3.05, 3.63) is 29.3 Å². The predicted molar refractivity (Wildman–Crippen MR) is 85.7 cm³/mol. The zero-order chi connectivity index (χ0) is 16.1. The molecule has 5 heteroatoms. The molecule has 0 saturated heterocycles. The summed E-state index contributed by atoms with van der Waals surface area (Å²) in [6.45, 7) is 9.58. The number of phosphoric acid groups is 1. The Labute approximate surface area is 128 Å². The van der Waals surface area contributed by atoms with E-state index in [9.17, 15) is 9.46 Å². The Hall–Kier alpha value is -0.830. The number of benzene rings is 1. The lowest BCUT2D eigenvalue weighted by Crippen LogP contribution is -2.24. The molecule has 1 aromatic rings. The van der Waals surface area contributed by atoms with E-state index in [1.165, 1.54) is 0 Å². The van der Waals surface area contributed by atoms with Crippen LogP contribution < -0.4 is 4.52 Å². The fourth-order valence-electron chi connectivity index (χ4n) is 2.30. The zero-order valence-corrected chi connectivity index (χ0v) is 14.6. The SMILES string of the molecule is CCCCCC(C)(C)OP(=O)(O)Oc1cc(C)cc(C)c1. The molecule has 1 aromatic carbocycles. The van der Waals surface area contributed by atoms with E-state index in [0.29, 0.717) is 5.75 Å². The molecular weight excluding hydrogens is 287 g/mol. The molecule has 0 amide bonds. The van der Waals surface area contributed by atoms with Gasteiger partial charge >= 0.3 is 7.82 Å². The summed E-state index contributed by atoms with van der Waals surface area (Å²) in [5, 5.41) is 0. The van der Waals surface area contributed by atoms with Crippen LogP contribution in [-0.2, 0) is 9.09 Å². The van der Waals surface area contributed by atoms with Gasteiger partial charge in [0.25, 0.3) is 0 Å². The minimum absolute atomic E-state index is 0.364. The Morgan fingerprint density at radius 3 is 2.24 bits per heavy atom. The summed E-state index contributed by atoms with van der Waals surface area (Å²) in [7, 11) is -4.12. The van der Waals surface area contributed by atoms with Gasteiger partial charge < -0.3 is 4.52 Å². The first-order valence-electron chi connectivity index (χ1n) is 7.45. The zero-order valence-electron chi connectivity index (χ0n) is 13.7. The number of aryl methyl sites for hydroxylation is 2. The molecule has 0 fully saturated rings.